The number of methoxy groups -OCH3 is 2. The van der Waals surface area contributed by atoms with Gasteiger partial charge in [-0.15, -0.1) is 24.0 Å². The Morgan fingerprint density at radius 3 is 2.50 bits per heavy atom. The highest BCUT2D eigenvalue weighted by Gasteiger charge is 2.21. The molecule has 1 aliphatic heterocycles. The predicted octanol–water partition coefficient (Wildman–Crippen LogP) is 3.03. The van der Waals surface area contributed by atoms with E-state index in [9.17, 15) is 5.11 Å². The molecule has 1 atom stereocenters. The molecular weight excluding hydrogens is 495 g/mol. The van der Waals surface area contributed by atoms with Crippen LogP contribution in [-0.4, -0.2) is 69.0 Å². The number of aliphatic imine (C=N–C) groups is 1. The van der Waals surface area contributed by atoms with E-state index in [-0.39, 0.29) is 30.5 Å². The first kappa shape index (κ1) is 26.8. The van der Waals surface area contributed by atoms with E-state index in [2.05, 4.69) is 34.4 Å². The molecule has 30 heavy (non-hydrogen) atoms. The number of nitrogens with zero attached hydrogens (tertiary/aromatic N) is 2. The Bertz CT molecular complexity index is 649. The maximum atomic E-state index is 10.7. The molecule has 0 aliphatic carbocycles. The van der Waals surface area contributed by atoms with Crippen molar-refractivity contribution in [2.75, 3.05) is 46.9 Å². The molecule has 0 amide bonds. The molecule has 1 aromatic carbocycles. The average Bonchev–Trinajstić information content (AvgIpc) is 2.72. The van der Waals surface area contributed by atoms with Crippen LogP contribution in [0.4, 0.5) is 0 Å². The SMILES string of the molecule is CCNC(=NCC(O)c1cc(OC)ccc1OC)NC1CCN(CC(C)C)CC1.I. The molecule has 172 valence electrons. The maximum absolute atomic E-state index is 10.7. The summed E-state index contributed by atoms with van der Waals surface area (Å²) >= 11 is 0. The van der Waals surface area contributed by atoms with E-state index >= 15 is 0 Å². The second kappa shape index (κ2) is 13.9. The summed E-state index contributed by atoms with van der Waals surface area (Å²) in [6.45, 7) is 11.0. The molecule has 3 N–H and O–H groups in total. The van der Waals surface area contributed by atoms with E-state index in [0.29, 0.717) is 29.0 Å². The monoisotopic (exact) mass is 534 g/mol. The summed E-state index contributed by atoms with van der Waals surface area (Å²) in [6, 6.07) is 5.81. The molecule has 1 unspecified atom stereocenters. The summed E-state index contributed by atoms with van der Waals surface area (Å²) in [4.78, 5) is 7.15. The normalized spacial score (nSPS) is 16.7. The highest BCUT2D eigenvalue weighted by atomic mass is 127. The van der Waals surface area contributed by atoms with Crippen LogP contribution in [0.15, 0.2) is 23.2 Å². The molecule has 8 heteroatoms. The van der Waals surface area contributed by atoms with Crippen LogP contribution < -0.4 is 20.1 Å². The van der Waals surface area contributed by atoms with Crippen LogP contribution in [0.3, 0.4) is 0 Å². The number of guanidine groups is 1. The number of nitrogens with one attached hydrogen (secondary N) is 2. The molecular formula is C22H39IN4O3. The molecule has 1 aliphatic rings. The summed E-state index contributed by atoms with van der Waals surface area (Å²) in [7, 11) is 3.20. The van der Waals surface area contributed by atoms with Crippen LogP contribution in [0.1, 0.15) is 45.3 Å². The van der Waals surface area contributed by atoms with E-state index in [4.69, 9.17) is 9.47 Å². The minimum atomic E-state index is -0.775. The molecule has 7 nitrogen and oxygen atoms in total. The maximum Gasteiger partial charge on any atom is 0.191 e. The summed E-state index contributed by atoms with van der Waals surface area (Å²) in [5.74, 6) is 2.76. The zero-order valence-corrected chi connectivity index (χ0v) is 21.3. The quantitative estimate of drug-likeness (QED) is 0.257. The van der Waals surface area contributed by atoms with Crippen LogP contribution in [0, 0.1) is 5.92 Å². The first-order chi connectivity index (χ1) is 14.0. The lowest BCUT2D eigenvalue weighted by molar-refractivity contribution is 0.180. The Balaban J connectivity index is 0.00000450. The number of piperidine rings is 1. The third-order valence-corrected chi connectivity index (χ3v) is 5.11. The van der Waals surface area contributed by atoms with Gasteiger partial charge in [-0.05, 0) is 43.9 Å². The Labute approximate surface area is 198 Å². The van der Waals surface area contributed by atoms with Crippen molar-refractivity contribution >= 4 is 29.9 Å². The molecule has 2 rings (SSSR count). The fourth-order valence-electron chi connectivity index (χ4n) is 3.67. The van der Waals surface area contributed by atoms with Crippen molar-refractivity contribution in [3.8, 4) is 11.5 Å². The Hall–Kier alpha value is -1.26. The first-order valence-corrected chi connectivity index (χ1v) is 10.6. The number of hydrogen-bond acceptors (Lipinski definition) is 5. The van der Waals surface area contributed by atoms with Crippen molar-refractivity contribution in [1.29, 1.82) is 0 Å². The number of aliphatic hydroxyl groups excluding tert-OH is 1. The van der Waals surface area contributed by atoms with Gasteiger partial charge in [0.15, 0.2) is 5.96 Å². The van der Waals surface area contributed by atoms with Crippen molar-refractivity contribution in [2.24, 2.45) is 10.9 Å². The largest absolute Gasteiger partial charge is 0.497 e. The second-order valence-corrected chi connectivity index (χ2v) is 7.96. The van der Waals surface area contributed by atoms with Crippen molar-refractivity contribution < 1.29 is 14.6 Å². The van der Waals surface area contributed by atoms with Crippen LogP contribution in [-0.2, 0) is 0 Å². The van der Waals surface area contributed by atoms with E-state index in [1.165, 1.54) is 0 Å². The topological polar surface area (TPSA) is 78.4 Å². The molecule has 0 saturated carbocycles. The fraction of sp³-hybridized carbons (Fsp3) is 0.682. The van der Waals surface area contributed by atoms with Gasteiger partial charge in [0.1, 0.15) is 17.6 Å². The van der Waals surface area contributed by atoms with Gasteiger partial charge >= 0.3 is 0 Å². The highest BCUT2D eigenvalue weighted by Crippen LogP contribution is 2.29. The van der Waals surface area contributed by atoms with E-state index in [1.54, 1.807) is 26.4 Å². The van der Waals surface area contributed by atoms with Crippen LogP contribution in [0.5, 0.6) is 11.5 Å². The predicted molar refractivity (Wildman–Crippen MR) is 133 cm³/mol. The summed E-state index contributed by atoms with van der Waals surface area (Å²) in [5.41, 5.74) is 0.674. The zero-order valence-electron chi connectivity index (χ0n) is 19.0. The molecule has 1 saturated heterocycles. The van der Waals surface area contributed by atoms with E-state index < -0.39 is 6.10 Å². The van der Waals surface area contributed by atoms with Gasteiger partial charge in [0.05, 0.1) is 20.8 Å². The second-order valence-electron chi connectivity index (χ2n) is 7.96. The van der Waals surface area contributed by atoms with Crippen molar-refractivity contribution in [3.63, 3.8) is 0 Å². The zero-order chi connectivity index (χ0) is 21.2. The van der Waals surface area contributed by atoms with Crippen molar-refractivity contribution in [2.45, 2.75) is 45.8 Å². The van der Waals surface area contributed by atoms with Crippen LogP contribution >= 0.6 is 24.0 Å². The van der Waals surface area contributed by atoms with E-state index in [1.807, 2.05) is 13.0 Å². The van der Waals surface area contributed by atoms with Gasteiger partial charge in [-0.1, -0.05) is 13.8 Å². The van der Waals surface area contributed by atoms with Crippen molar-refractivity contribution in [3.05, 3.63) is 23.8 Å². The molecule has 0 aromatic heterocycles. The van der Waals surface area contributed by atoms with Gasteiger partial charge in [0.2, 0.25) is 0 Å². The summed E-state index contributed by atoms with van der Waals surface area (Å²) in [6.07, 6.45) is 1.43. The van der Waals surface area contributed by atoms with Crippen molar-refractivity contribution in [1.82, 2.24) is 15.5 Å². The molecule has 1 heterocycles. The molecule has 1 fully saturated rings. The van der Waals surface area contributed by atoms with Gasteiger partial charge in [-0.3, -0.25) is 4.99 Å². The van der Waals surface area contributed by atoms with Gasteiger partial charge in [0, 0.05) is 37.8 Å². The van der Waals surface area contributed by atoms with Gasteiger partial charge in [-0.25, -0.2) is 0 Å². The Morgan fingerprint density at radius 2 is 1.93 bits per heavy atom. The number of halogens is 1. The average molecular weight is 534 g/mol. The number of aliphatic hydroxyl groups is 1. The smallest absolute Gasteiger partial charge is 0.191 e. The lowest BCUT2D eigenvalue weighted by Gasteiger charge is -2.34. The molecule has 1 aromatic rings. The van der Waals surface area contributed by atoms with Crippen LogP contribution in [0.2, 0.25) is 0 Å². The van der Waals surface area contributed by atoms with Gasteiger partial charge in [-0.2, -0.15) is 0 Å². The Morgan fingerprint density at radius 1 is 1.23 bits per heavy atom. The standard InChI is InChI=1S/C22H38N4O3.HI/c1-6-23-22(25-17-9-11-26(12-10-17)15-16(2)3)24-14-20(27)19-13-18(28-4)7-8-21(19)29-5;/h7-8,13,16-17,20,27H,6,9-12,14-15H2,1-5H3,(H2,23,24,25);1H. The molecule has 0 spiro atoms. The Kier molecular flexibility index (Phi) is 12.4. The minimum Gasteiger partial charge on any atom is -0.497 e. The fourth-order valence-corrected chi connectivity index (χ4v) is 3.67. The number of likely N-dealkylation sites (tertiary alicyclic amines) is 1. The number of benzene rings is 1. The third kappa shape index (κ3) is 8.47. The lowest BCUT2D eigenvalue weighted by atomic mass is 10.0. The van der Waals surface area contributed by atoms with Gasteiger partial charge < -0.3 is 30.1 Å². The van der Waals surface area contributed by atoms with E-state index in [0.717, 1.165) is 45.0 Å². The molecule has 0 radical (unpaired) electrons. The number of hydrogen-bond donors (Lipinski definition) is 3. The number of rotatable bonds is 9. The summed E-state index contributed by atoms with van der Waals surface area (Å²) < 4.78 is 10.6. The molecule has 0 bridgehead atoms. The number of ether oxygens (including phenoxy) is 2. The highest BCUT2D eigenvalue weighted by molar-refractivity contribution is 14.0. The first-order valence-electron chi connectivity index (χ1n) is 10.6. The van der Waals surface area contributed by atoms with Gasteiger partial charge in [0.25, 0.3) is 0 Å². The third-order valence-electron chi connectivity index (χ3n) is 5.11. The van der Waals surface area contributed by atoms with Crippen LogP contribution in [0.25, 0.3) is 0 Å². The summed E-state index contributed by atoms with van der Waals surface area (Å²) in [5, 5.41) is 17.5. The minimum absolute atomic E-state index is 0. The lowest BCUT2D eigenvalue weighted by Crippen LogP contribution is -2.49.